The fourth-order valence-electron chi connectivity index (χ4n) is 0.811. The molecule has 0 amide bonds. The monoisotopic (exact) mass is 200 g/mol. The number of halogens is 1. The van der Waals surface area contributed by atoms with Crippen LogP contribution in [0.3, 0.4) is 0 Å². The average Bonchev–Trinajstić information content (AvgIpc) is 2.14. The van der Waals surface area contributed by atoms with Crippen molar-refractivity contribution >= 4 is 17.6 Å². The number of benzene rings is 1. The van der Waals surface area contributed by atoms with E-state index in [0.29, 0.717) is 10.6 Å². The van der Waals surface area contributed by atoms with Crippen molar-refractivity contribution in [3.8, 4) is 0 Å². The lowest BCUT2D eigenvalue weighted by Gasteiger charge is -2.02. The molecule has 0 saturated heterocycles. The van der Waals surface area contributed by atoms with Crippen LogP contribution in [-0.2, 0) is 9.47 Å². The van der Waals surface area contributed by atoms with Gasteiger partial charge in [0.25, 0.3) is 0 Å². The fraction of sp³-hybridized carbons (Fsp3) is 0.222. The summed E-state index contributed by atoms with van der Waals surface area (Å²) in [6, 6.07) is 6.55. The minimum atomic E-state index is -0.440. The van der Waals surface area contributed by atoms with Crippen molar-refractivity contribution in [3.63, 3.8) is 0 Å². The van der Waals surface area contributed by atoms with E-state index in [0.717, 1.165) is 0 Å². The van der Waals surface area contributed by atoms with Gasteiger partial charge in [-0.25, -0.2) is 4.79 Å². The fourth-order valence-corrected chi connectivity index (χ4v) is 1.00. The third-order valence-corrected chi connectivity index (χ3v) is 1.60. The van der Waals surface area contributed by atoms with Gasteiger partial charge in [-0.1, -0.05) is 17.7 Å². The summed E-state index contributed by atoms with van der Waals surface area (Å²) >= 11 is 5.68. The van der Waals surface area contributed by atoms with Gasteiger partial charge in [0.1, 0.15) is 0 Å². The Morgan fingerprint density at radius 3 is 2.92 bits per heavy atom. The molecule has 0 N–H and O–H groups in total. The second kappa shape index (κ2) is 4.84. The lowest BCUT2D eigenvalue weighted by molar-refractivity contribution is -0.0125. The van der Waals surface area contributed by atoms with Gasteiger partial charge in [0.15, 0.2) is 6.79 Å². The maximum absolute atomic E-state index is 11.2. The third-order valence-electron chi connectivity index (χ3n) is 1.37. The van der Waals surface area contributed by atoms with Crippen LogP contribution in [0.2, 0.25) is 5.02 Å². The molecule has 4 heteroatoms. The van der Waals surface area contributed by atoms with E-state index in [2.05, 4.69) is 4.74 Å². The Morgan fingerprint density at radius 2 is 2.31 bits per heavy atom. The molecule has 1 aromatic carbocycles. The van der Waals surface area contributed by atoms with Crippen LogP contribution in [-0.4, -0.2) is 19.9 Å². The van der Waals surface area contributed by atoms with Crippen molar-refractivity contribution in [1.29, 1.82) is 0 Å². The molecule has 1 aromatic rings. The average molecular weight is 201 g/mol. The SMILES string of the molecule is COCOC(=O)c1cccc(Cl)c1. The standard InChI is InChI=1S/C9H9ClO3/c1-12-6-13-9(11)7-3-2-4-8(10)5-7/h2-5H,6H2,1H3. The van der Waals surface area contributed by atoms with Gasteiger partial charge in [0.05, 0.1) is 5.56 Å². The zero-order valence-electron chi connectivity index (χ0n) is 7.12. The predicted molar refractivity (Wildman–Crippen MR) is 48.7 cm³/mol. The first-order valence-corrected chi connectivity index (χ1v) is 4.03. The lowest BCUT2D eigenvalue weighted by Crippen LogP contribution is -2.07. The van der Waals surface area contributed by atoms with E-state index in [1.54, 1.807) is 24.3 Å². The zero-order valence-corrected chi connectivity index (χ0v) is 7.88. The molecule has 0 radical (unpaired) electrons. The van der Waals surface area contributed by atoms with Crippen LogP contribution < -0.4 is 0 Å². The van der Waals surface area contributed by atoms with Crippen LogP contribution in [0.25, 0.3) is 0 Å². The van der Waals surface area contributed by atoms with E-state index in [1.807, 2.05) is 0 Å². The van der Waals surface area contributed by atoms with E-state index in [1.165, 1.54) is 7.11 Å². The molecule has 0 aliphatic carbocycles. The molecule has 0 aliphatic rings. The van der Waals surface area contributed by atoms with E-state index < -0.39 is 5.97 Å². The zero-order chi connectivity index (χ0) is 9.68. The summed E-state index contributed by atoms with van der Waals surface area (Å²) in [6.07, 6.45) is 0. The Bertz CT molecular complexity index is 299. The summed E-state index contributed by atoms with van der Waals surface area (Å²) in [5.41, 5.74) is 0.421. The van der Waals surface area contributed by atoms with Gasteiger partial charge in [-0.05, 0) is 18.2 Å². The molecule has 0 atom stereocenters. The first-order valence-electron chi connectivity index (χ1n) is 3.65. The Kier molecular flexibility index (Phi) is 3.73. The number of hydrogen-bond acceptors (Lipinski definition) is 3. The normalized spacial score (nSPS) is 9.69. The Hall–Kier alpha value is -1.06. The number of carbonyl (C=O) groups is 1. The maximum Gasteiger partial charge on any atom is 0.340 e. The van der Waals surface area contributed by atoms with E-state index in [4.69, 9.17) is 16.3 Å². The highest BCUT2D eigenvalue weighted by Gasteiger charge is 2.05. The predicted octanol–water partition coefficient (Wildman–Crippen LogP) is 2.10. The Labute approximate surface area is 81.2 Å². The van der Waals surface area contributed by atoms with Crippen molar-refractivity contribution < 1.29 is 14.3 Å². The summed E-state index contributed by atoms with van der Waals surface area (Å²) in [7, 11) is 1.45. The van der Waals surface area contributed by atoms with Crippen LogP contribution >= 0.6 is 11.6 Å². The molecule has 70 valence electrons. The molecule has 0 bridgehead atoms. The Balaban J connectivity index is 2.66. The van der Waals surface area contributed by atoms with Gasteiger partial charge in [-0.3, -0.25) is 0 Å². The molecule has 0 saturated carbocycles. The molecule has 0 spiro atoms. The Morgan fingerprint density at radius 1 is 1.54 bits per heavy atom. The van der Waals surface area contributed by atoms with Gasteiger partial charge >= 0.3 is 5.97 Å². The molecular weight excluding hydrogens is 192 g/mol. The topological polar surface area (TPSA) is 35.5 Å². The molecule has 0 heterocycles. The van der Waals surface area contributed by atoms with Crippen molar-refractivity contribution in [3.05, 3.63) is 34.9 Å². The number of hydrogen-bond donors (Lipinski definition) is 0. The van der Waals surface area contributed by atoms with Gasteiger partial charge < -0.3 is 9.47 Å². The van der Waals surface area contributed by atoms with E-state index in [9.17, 15) is 4.79 Å². The molecule has 1 rings (SSSR count). The summed E-state index contributed by atoms with van der Waals surface area (Å²) < 4.78 is 9.30. The largest absolute Gasteiger partial charge is 0.435 e. The van der Waals surface area contributed by atoms with Crippen LogP contribution in [0.1, 0.15) is 10.4 Å². The molecule has 0 aliphatic heterocycles. The van der Waals surface area contributed by atoms with Gasteiger partial charge in [-0.15, -0.1) is 0 Å². The van der Waals surface area contributed by atoms with Crippen LogP contribution in [0.4, 0.5) is 0 Å². The first-order chi connectivity index (χ1) is 6.24. The summed E-state index contributed by atoms with van der Waals surface area (Å²) in [5, 5.41) is 0.506. The molecular formula is C9H9ClO3. The highest BCUT2D eigenvalue weighted by molar-refractivity contribution is 6.30. The minimum absolute atomic E-state index is 0.0503. The first kappa shape index (κ1) is 10.0. The number of esters is 1. The van der Waals surface area contributed by atoms with Crippen LogP contribution in [0.5, 0.6) is 0 Å². The van der Waals surface area contributed by atoms with Gasteiger partial charge in [-0.2, -0.15) is 0 Å². The third kappa shape index (κ3) is 3.05. The molecule has 0 unspecified atom stereocenters. The van der Waals surface area contributed by atoms with E-state index in [-0.39, 0.29) is 6.79 Å². The highest BCUT2D eigenvalue weighted by Crippen LogP contribution is 2.11. The quantitative estimate of drug-likeness (QED) is 0.554. The maximum atomic E-state index is 11.2. The van der Waals surface area contributed by atoms with Crippen molar-refractivity contribution in [2.45, 2.75) is 0 Å². The van der Waals surface area contributed by atoms with Gasteiger partial charge in [0.2, 0.25) is 0 Å². The number of methoxy groups -OCH3 is 1. The van der Waals surface area contributed by atoms with Crippen molar-refractivity contribution in [1.82, 2.24) is 0 Å². The highest BCUT2D eigenvalue weighted by atomic mass is 35.5. The van der Waals surface area contributed by atoms with E-state index >= 15 is 0 Å². The van der Waals surface area contributed by atoms with Crippen LogP contribution in [0, 0.1) is 0 Å². The number of carbonyl (C=O) groups excluding carboxylic acids is 1. The van der Waals surface area contributed by atoms with Crippen molar-refractivity contribution in [2.24, 2.45) is 0 Å². The van der Waals surface area contributed by atoms with Crippen molar-refractivity contribution in [2.75, 3.05) is 13.9 Å². The second-order valence-electron chi connectivity index (χ2n) is 2.35. The molecule has 0 aromatic heterocycles. The summed E-state index contributed by atoms with van der Waals surface area (Å²) in [4.78, 5) is 11.2. The smallest absolute Gasteiger partial charge is 0.340 e. The number of ether oxygens (including phenoxy) is 2. The minimum Gasteiger partial charge on any atom is -0.435 e. The lowest BCUT2D eigenvalue weighted by atomic mass is 10.2. The molecule has 3 nitrogen and oxygen atoms in total. The van der Waals surface area contributed by atoms with Crippen LogP contribution in [0.15, 0.2) is 24.3 Å². The number of rotatable bonds is 3. The molecule has 0 fully saturated rings. The van der Waals surface area contributed by atoms with Gasteiger partial charge in [0, 0.05) is 12.1 Å². The second-order valence-corrected chi connectivity index (χ2v) is 2.79. The summed E-state index contributed by atoms with van der Waals surface area (Å²) in [5.74, 6) is -0.440. The summed E-state index contributed by atoms with van der Waals surface area (Å²) in [6.45, 7) is -0.0503. The molecule has 13 heavy (non-hydrogen) atoms.